The Labute approximate surface area is 200 Å². The molecule has 6 heteroatoms. The largest absolute Gasteiger partial charge is 0.486 e. The molecule has 176 valence electrons. The number of hydrogen-bond donors (Lipinski definition) is 0. The molecular formula is C28H30FN3O2. The number of carbonyl (C=O) groups is 1. The quantitative estimate of drug-likeness (QED) is 0.534. The van der Waals surface area contributed by atoms with E-state index in [0.717, 1.165) is 43.3 Å². The number of anilines is 2. The molecule has 1 saturated heterocycles. The van der Waals surface area contributed by atoms with E-state index in [-0.39, 0.29) is 17.8 Å². The van der Waals surface area contributed by atoms with Crippen molar-refractivity contribution in [2.75, 3.05) is 42.5 Å². The van der Waals surface area contributed by atoms with Crippen molar-refractivity contribution in [3.8, 4) is 5.75 Å². The lowest BCUT2D eigenvalue weighted by molar-refractivity contribution is -0.132. The summed E-state index contributed by atoms with van der Waals surface area (Å²) in [4.78, 5) is 19.4. The van der Waals surface area contributed by atoms with Crippen LogP contribution in [0.1, 0.15) is 18.4 Å². The second kappa shape index (κ2) is 10.2. The number of carbonyl (C=O) groups excluding carboxylic acids is 1. The predicted octanol–water partition coefficient (Wildman–Crippen LogP) is 4.72. The first-order chi connectivity index (χ1) is 16.7. The molecular weight excluding hydrogens is 429 g/mol. The Morgan fingerprint density at radius 2 is 1.59 bits per heavy atom. The molecule has 0 saturated carbocycles. The van der Waals surface area contributed by atoms with Crippen LogP contribution < -0.4 is 14.5 Å². The summed E-state index contributed by atoms with van der Waals surface area (Å²) in [7, 11) is 0. The van der Waals surface area contributed by atoms with E-state index < -0.39 is 0 Å². The Morgan fingerprint density at radius 1 is 0.882 bits per heavy atom. The fourth-order valence-electron chi connectivity index (χ4n) is 4.79. The van der Waals surface area contributed by atoms with Crippen LogP contribution in [0, 0.1) is 5.82 Å². The van der Waals surface area contributed by atoms with Crippen LogP contribution in [0.3, 0.4) is 0 Å². The maximum absolute atomic E-state index is 13.2. The zero-order valence-electron chi connectivity index (χ0n) is 19.3. The standard InChI is InChI=1S/C28H30FN3O2/c29-23-10-12-24(13-11-23)30-16-18-31(19-17-30)28(33)15-14-25-21-32(20-22-6-2-1-3-7-22)26-8-4-5-9-27(26)34-25/h1-13,25H,14-21H2. The average molecular weight is 460 g/mol. The second-order valence-electron chi connectivity index (χ2n) is 8.96. The molecule has 2 aliphatic heterocycles. The molecule has 0 bridgehead atoms. The molecule has 1 amide bonds. The molecule has 0 aliphatic carbocycles. The van der Waals surface area contributed by atoms with Crippen molar-refractivity contribution in [1.29, 1.82) is 0 Å². The monoisotopic (exact) mass is 459 g/mol. The van der Waals surface area contributed by atoms with Crippen LogP contribution in [0.15, 0.2) is 78.9 Å². The lowest BCUT2D eigenvalue weighted by atomic mass is 10.1. The third-order valence-corrected chi connectivity index (χ3v) is 6.64. The molecule has 3 aromatic carbocycles. The third-order valence-electron chi connectivity index (χ3n) is 6.64. The number of benzene rings is 3. The number of piperazine rings is 1. The number of hydrogen-bond acceptors (Lipinski definition) is 4. The van der Waals surface area contributed by atoms with E-state index in [2.05, 4.69) is 40.1 Å². The molecule has 1 fully saturated rings. The van der Waals surface area contributed by atoms with Crippen molar-refractivity contribution in [2.24, 2.45) is 0 Å². The number of amides is 1. The minimum absolute atomic E-state index is 0.0249. The summed E-state index contributed by atoms with van der Waals surface area (Å²) in [6.07, 6.45) is 1.14. The highest BCUT2D eigenvalue weighted by molar-refractivity contribution is 5.76. The van der Waals surface area contributed by atoms with Crippen molar-refractivity contribution in [3.05, 3.63) is 90.2 Å². The molecule has 0 aromatic heterocycles. The fraction of sp³-hybridized carbons (Fsp3) is 0.321. The normalized spacial score (nSPS) is 17.8. The van der Waals surface area contributed by atoms with Crippen molar-refractivity contribution >= 4 is 17.3 Å². The Hall–Kier alpha value is -3.54. The van der Waals surface area contributed by atoms with Gasteiger partial charge in [0, 0.05) is 44.8 Å². The van der Waals surface area contributed by atoms with Gasteiger partial charge in [-0.3, -0.25) is 4.79 Å². The number of ether oxygens (including phenoxy) is 1. The molecule has 0 N–H and O–H groups in total. The van der Waals surface area contributed by atoms with Gasteiger partial charge in [0.1, 0.15) is 17.7 Å². The van der Waals surface area contributed by atoms with Crippen LogP contribution in [-0.2, 0) is 11.3 Å². The first-order valence-electron chi connectivity index (χ1n) is 12.0. The molecule has 2 heterocycles. The first-order valence-corrected chi connectivity index (χ1v) is 12.0. The van der Waals surface area contributed by atoms with Gasteiger partial charge in [-0.15, -0.1) is 0 Å². The lowest BCUT2D eigenvalue weighted by Crippen LogP contribution is -2.49. The predicted molar refractivity (Wildman–Crippen MR) is 133 cm³/mol. The Morgan fingerprint density at radius 3 is 2.35 bits per heavy atom. The minimum Gasteiger partial charge on any atom is -0.486 e. The van der Waals surface area contributed by atoms with E-state index in [1.807, 2.05) is 29.2 Å². The molecule has 5 nitrogen and oxygen atoms in total. The molecule has 2 aliphatic rings. The smallest absolute Gasteiger partial charge is 0.222 e. The lowest BCUT2D eigenvalue weighted by Gasteiger charge is -2.38. The van der Waals surface area contributed by atoms with Crippen LogP contribution in [0.5, 0.6) is 5.75 Å². The minimum atomic E-state index is -0.229. The first kappa shape index (κ1) is 22.3. The summed E-state index contributed by atoms with van der Waals surface area (Å²) >= 11 is 0. The number of rotatable bonds is 6. The average Bonchev–Trinajstić information content (AvgIpc) is 2.88. The highest BCUT2D eigenvalue weighted by atomic mass is 19.1. The van der Waals surface area contributed by atoms with Crippen LogP contribution in [0.2, 0.25) is 0 Å². The van der Waals surface area contributed by atoms with E-state index >= 15 is 0 Å². The van der Waals surface area contributed by atoms with Crippen LogP contribution in [-0.4, -0.2) is 49.6 Å². The van der Waals surface area contributed by atoms with Crippen LogP contribution in [0.4, 0.5) is 15.8 Å². The van der Waals surface area contributed by atoms with E-state index in [0.29, 0.717) is 25.9 Å². The van der Waals surface area contributed by atoms with Crippen molar-refractivity contribution < 1.29 is 13.9 Å². The Bertz CT molecular complexity index is 1100. The molecule has 1 atom stereocenters. The Balaban J connectivity index is 1.16. The number of fused-ring (bicyclic) bond motifs is 1. The van der Waals surface area contributed by atoms with Gasteiger partial charge in [0.25, 0.3) is 0 Å². The van der Waals surface area contributed by atoms with E-state index in [9.17, 15) is 9.18 Å². The van der Waals surface area contributed by atoms with Gasteiger partial charge < -0.3 is 19.4 Å². The van der Waals surface area contributed by atoms with E-state index in [4.69, 9.17) is 4.74 Å². The van der Waals surface area contributed by atoms with E-state index in [1.54, 1.807) is 12.1 Å². The third kappa shape index (κ3) is 5.16. The molecule has 34 heavy (non-hydrogen) atoms. The topological polar surface area (TPSA) is 36.0 Å². The maximum Gasteiger partial charge on any atom is 0.222 e. The maximum atomic E-state index is 13.2. The van der Waals surface area contributed by atoms with Crippen LogP contribution in [0.25, 0.3) is 0 Å². The summed E-state index contributed by atoms with van der Waals surface area (Å²) in [5.74, 6) is 0.832. The number of halogens is 1. The van der Waals surface area contributed by atoms with Gasteiger partial charge in [-0.1, -0.05) is 42.5 Å². The molecule has 0 spiro atoms. The van der Waals surface area contributed by atoms with Gasteiger partial charge in [0.15, 0.2) is 0 Å². The molecule has 3 aromatic rings. The fourth-order valence-corrected chi connectivity index (χ4v) is 4.79. The van der Waals surface area contributed by atoms with E-state index in [1.165, 1.54) is 17.7 Å². The van der Waals surface area contributed by atoms with Gasteiger partial charge in [-0.25, -0.2) is 4.39 Å². The molecule has 5 rings (SSSR count). The zero-order chi connectivity index (χ0) is 23.3. The highest BCUT2D eigenvalue weighted by Crippen LogP contribution is 2.35. The number of nitrogens with zero attached hydrogens (tertiary/aromatic N) is 3. The van der Waals surface area contributed by atoms with Gasteiger partial charge >= 0.3 is 0 Å². The summed E-state index contributed by atoms with van der Waals surface area (Å²) in [6.45, 7) is 4.47. The summed E-state index contributed by atoms with van der Waals surface area (Å²) in [5, 5.41) is 0. The zero-order valence-corrected chi connectivity index (χ0v) is 19.3. The van der Waals surface area contributed by atoms with Gasteiger partial charge in [-0.2, -0.15) is 0 Å². The van der Waals surface area contributed by atoms with Gasteiger partial charge in [0.2, 0.25) is 5.91 Å². The van der Waals surface area contributed by atoms with Crippen molar-refractivity contribution in [2.45, 2.75) is 25.5 Å². The molecule has 0 radical (unpaired) electrons. The SMILES string of the molecule is O=C(CCC1CN(Cc2ccccc2)c2ccccc2O1)N1CCN(c2ccc(F)cc2)CC1. The van der Waals surface area contributed by atoms with Crippen LogP contribution >= 0.6 is 0 Å². The Kier molecular flexibility index (Phi) is 6.65. The summed E-state index contributed by atoms with van der Waals surface area (Å²) < 4.78 is 19.5. The van der Waals surface area contributed by atoms with Crippen molar-refractivity contribution in [3.63, 3.8) is 0 Å². The van der Waals surface area contributed by atoms with Crippen molar-refractivity contribution in [1.82, 2.24) is 4.90 Å². The van der Waals surface area contributed by atoms with Gasteiger partial charge in [-0.05, 0) is 48.4 Å². The highest BCUT2D eigenvalue weighted by Gasteiger charge is 2.27. The number of para-hydroxylation sites is 2. The summed E-state index contributed by atoms with van der Waals surface area (Å²) in [6, 6.07) is 25.1. The van der Waals surface area contributed by atoms with Gasteiger partial charge in [0.05, 0.1) is 12.2 Å². The summed E-state index contributed by atoms with van der Waals surface area (Å²) in [5.41, 5.74) is 3.36. The molecule has 1 unspecified atom stereocenters. The second-order valence-corrected chi connectivity index (χ2v) is 8.96.